The van der Waals surface area contributed by atoms with E-state index < -0.39 is 0 Å². The Bertz CT molecular complexity index is 635. The largest absolute Gasteiger partial charge is 0.376 e. The number of hydrogen-bond acceptors (Lipinski definition) is 3. The smallest absolute Gasteiger partial charge is 0.269 e. The van der Waals surface area contributed by atoms with Crippen molar-refractivity contribution in [1.29, 1.82) is 0 Å². The SMILES string of the molecule is O=C(NCC1CCCO1)c1cc(-c2ccccc2Cl)n[nH]1. The van der Waals surface area contributed by atoms with Crippen LogP contribution in [0.2, 0.25) is 5.02 Å². The molecule has 0 spiro atoms. The van der Waals surface area contributed by atoms with Crippen LogP contribution in [0.3, 0.4) is 0 Å². The lowest BCUT2D eigenvalue weighted by Crippen LogP contribution is -2.31. The Balaban J connectivity index is 1.66. The first kappa shape index (κ1) is 14.1. The van der Waals surface area contributed by atoms with Crippen LogP contribution in [-0.2, 0) is 4.74 Å². The molecule has 2 aromatic rings. The molecule has 1 saturated heterocycles. The summed E-state index contributed by atoms with van der Waals surface area (Å²) >= 11 is 6.12. The summed E-state index contributed by atoms with van der Waals surface area (Å²) in [5, 5.41) is 10.4. The van der Waals surface area contributed by atoms with Gasteiger partial charge >= 0.3 is 0 Å². The number of halogens is 1. The van der Waals surface area contributed by atoms with E-state index in [0.717, 1.165) is 25.0 Å². The molecule has 1 atom stereocenters. The second-order valence-electron chi connectivity index (χ2n) is 4.99. The zero-order chi connectivity index (χ0) is 14.7. The van der Waals surface area contributed by atoms with Gasteiger partial charge in [0.2, 0.25) is 0 Å². The lowest BCUT2D eigenvalue weighted by atomic mass is 10.1. The van der Waals surface area contributed by atoms with Gasteiger partial charge in [-0.15, -0.1) is 0 Å². The molecule has 110 valence electrons. The van der Waals surface area contributed by atoms with Crippen molar-refractivity contribution in [3.63, 3.8) is 0 Å². The fraction of sp³-hybridized carbons (Fsp3) is 0.333. The van der Waals surface area contributed by atoms with Crippen LogP contribution < -0.4 is 5.32 Å². The average Bonchev–Trinajstić information content (AvgIpc) is 3.17. The van der Waals surface area contributed by atoms with E-state index >= 15 is 0 Å². The van der Waals surface area contributed by atoms with Crippen LogP contribution in [0.1, 0.15) is 23.3 Å². The molecule has 2 N–H and O–H groups in total. The number of benzene rings is 1. The van der Waals surface area contributed by atoms with Crippen molar-refractivity contribution in [3.05, 3.63) is 41.0 Å². The Morgan fingerprint density at radius 3 is 3.10 bits per heavy atom. The summed E-state index contributed by atoms with van der Waals surface area (Å²) in [4.78, 5) is 12.1. The van der Waals surface area contributed by atoms with Crippen molar-refractivity contribution in [2.24, 2.45) is 0 Å². The van der Waals surface area contributed by atoms with Crippen molar-refractivity contribution in [1.82, 2.24) is 15.5 Å². The van der Waals surface area contributed by atoms with Crippen LogP contribution in [0.4, 0.5) is 0 Å². The van der Waals surface area contributed by atoms with E-state index in [2.05, 4.69) is 15.5 Å². The van der Waals surface area contributed by atoms with Crippen LogP contribution in [0, 0.1) is 0 Å². The van der Waals surface area contributed by atoms with Gasteiger partial charge in [0.05, 0.1) is 16.8 Å². The second-order valence-corrected chi connectivity index (χ2v) is 5.40. The van der Waals surface area contributed by atoms with Crippen molar-refractivity contribution < 1.29 is 9.53 Å². The van der Waals surface area contributed by atoms with Crippen LogP contribution in [0.5, 0.6) is 0 Å². The Labute approximate surface area is 127 Å². The number of nitrogens with one attached hydrogen (secondary N) is 2. The number of carbonyl (C=O) groups is 1. The highest BCUT2D eigenvalue weighted by atomic mass is 35.5. The Hall–Kier alpha value is -1.85. The highest BCUT2D eigenvalue weighted by Crippen LogP contribution is 2.26. The summed E-state index contributed by atoms with van der Waals surface area (Å²) in [7, 11) is 0. The Morgan fingerprint density at radius 2 is 2.33 bits per heavy atom. The zero-order valence-electron chi connectivity index (χ0n) is 11.4. The second kappa shape index (κ2) is 6.28. The quantitative estimate of drug-likeness (QED) is 0.912. The summed E-state index contributed by atoms with van der Waals surface area (Å²) < 4.78 is 5.47. The molecule has 1 amide bonds. The molecule has 1 aliphatic rings. The van der Waals surface area contributed by atoms with Gasteiger partial charge in [0.25, 0.3) is 5.91 Å². The van der Waals surface area contributed by atoms with Gasteiger partial charge < -0.3 is 10.1 Å². The van der Waals surface area contributed by atoms with E-state index in [-0.39, 0.29) is 12.0 Å². The lowest BCUT2D eigenvalue weighted by Gasteiger charge is -2.09. The highest BCUT2D eigenvalue weighted by Gasteiger charge is 2.18. The van der Waals surface area contributed by atoms with Crippen LogP contribution >= 0.6 is 11.6 Å². The molecular formula is C15H16ClN3O2. The van der Waals surface area contributed by atoms with Gasteiger partial charge in [0.1, 0.15) is 5.69 Å². The average molecular weight is 306 g/mol. The summed E-state index contributed by atoms with van der Waals surface area (Å²) in [6.45, 7) is 1.31. The number of H-pyrrole nitrogens is 1. The molecule has 1 fully saturated rings. The molecule has 0 saturated carbocycles. The lowest BCUT2D eigenvalue weighted by molar-refractivity contribution is 0.0853. The predicted octanol–water partition coefficient (Wildman–Crippen LogP) is 2.64. The maximum Gasteiger partial charge on any atom is 0.269 e. The van der Waals surface area contributed by atoms with Gasteiger partial charge in [0.15, 0.2) is 0 Å². The van der Waals surface area contributed by atoms with Gasteiger partial charge in [0, 0.05) is 18.7 Å². The number of ether oxygens (including phenoxy) is 1. The number of carbonyl (C=O) groups excluding carboxylic acids is 1. The molecule has 1 unspecified atom stereocenters. The molecule has 21 heavy (non-hydrogen) atoms. The van der Waals surface area contributed by atoms with E-state index in [4.69, 9.17) is 16.3 Å². The van der Waals surface area contributed by atoms with Crippen molar-refractivity contribution >= 4 is 17.5 Å². The zero-order valence-corrected chi connectivity index (χ0v) is 12.2. The summed E-state index contributed by atoms with van der Waals surface area (Å²) in [5.74, 6) is -0.184. The van der Waals surface area contributed by atoms with E-state index in [1.165, 1.54) is 0 Å². The first-order valence-electron chi connectivity index (χ1n) is 6.94. The monoisotopic (exact) mass is 305 g/mol. The van der Waals surface area contributed by atoms with Crippen molar-refractivity contribution in [2.45, 2.75) is 18.9 Å². The van der Waals surface area contributed by atoms with Gasteiger partial charge in [-0.2, -0.15) is 5.10 Å². The first-order valence-corrected chi connectivity index (χ1v) is 7.32. The molecule has 0 aliphatic carbocycles. The van der Waals surface area contributed by atoms with E-state index in [1.54, 1.807) is 12.1 Å². The highest BCUT2D eigenvalue weighted by molar-refractivity contribution is 6.33. The van der Waals surface area contributed by atoms with E-state index in [0.29, 0.717) is 23.0 Å². The number of aromatic nitrogens is 2. The fourth-order valence-electron chi connectivity index (χ4n) is 2.35. The molecule has 5 nitrogen and oxygen atoms in total. The predicted molar refractivity (Wildman–Crippen MR) is 80.3 cm³/mol. The minimum absolute atomic E-state index is 0.125. The third-order valence-corrected chi connectivity index (χ3v) is 3.82. The fourth-order valence-corrected chi connectivity index (χ4v) is 2.58. The minimum atomic E-state index is -0.184. The molecular weight excluding hydrogens is 290 g/mol. The van der Waals surface area contributed by atoms with Crippen LogP contribution in [0.25, 0.3) is 11.3 Å². The molecule has 0 radical (unpaired) electrons. The first-order chi connectivity index (χ1) is 10.2. The number of amides is 1. The molecule has 1 aromatic carbocycles. The minimum Gasteiger partial charge on any atom is -0.376 e. The van der Waals surface area contributed by atoms with Crippen LogP contribution in [-0.4, -0.2) is 35.4 Å². The third kappa shape index (κ3) is 3.25. The maximum atomic E-state index is 12.1. The number of rotatable bonds is 4. The summed E-state index contributed by atoms with van der Waals surface area (Å²) in [6.07, 6.45) is 2.18. The van der Waals surface area contributed by atoms with Crippen molar-refractivity contribution in [3.8, 4) is 11.3 Å². The Kier molecular flexibility index (Phi) is 4.22. The van der Waals surface area contributed by atoms with Crippen LogP contribution in [0.15, 0.2) is 30.3 Å². The number of aromatic amines is 1. The standard InChI is InChI=1S/C15H16ClN3O2/c16-12-6-2-1-5-11(12)13-8-14(19-18-13)15(20)17-9-10-4-3-7-21-10/h1-2,5-6,8,10H,3-4,7,9H2,(H,17,20)(H,18,19). The third-order valence-electron chi connectivity index (χ3n) is 3.49. The molecule has 1 aliphatic heterocycles. The molecule has 3 rings (SSSR count). The number of nitrogens with zero attached hydrogens (tertiary/aromatic N) is 1. The molecule has 2 heterocycles. The van der Waals surface area contributed by atoms with Crippen molar-refractivity contribution in [2.75, 3.05) is 13.2 Å². The summed E-state index contributed by atoms with van der Waals surface area (Å²) in [6, 6.07) is 9.10. The van der Waals surface area contributed by atoms with E-state index in [9.17, 15) is 4.79 Å². The van der Waals surface area contributed by atoms with Gasteiger partial charge in [-0.3, -0.25) is 9.89 Å². The van der Waals surface area contributed by atoms with Gasteiger partial charge in [-0.25, -0.2) is 0 Å². The molecule has 0 bridgehead atoms. The normalized spacial score (nSPS) is 17.9. The summed E-state index contributed by atoms with van der Waals surface area (Å²) in [5.41, 5.74) is 1.87. The maximum absolute atomic E-state index is 12.1. The number of hydrogen-bond donors (Lipinski definition) is 2. The Morgan fingerprint density at radius 1 is 1.48 bits per heavy atom. The van der Waals surface area contributed by atoms with Gasteiger partial charge in [-0.05, 0) is 25.0 Å². The topological polar surface area (TPSA) is 67.0 Å². The van der Waals surface area contributed by atoms with Gasteiger partial charge in [-0.1, -0.05) is 29.8 Å². The van der Waals surface area contributed by atoms with E-state index in [1.807, 2.05) is 18.2 Å². The molecule has 6 heteroatoms. The molecule has 1 aromatic heterocycles.